The number of carbonyl (C=O) groups is 2. The Labute approximate surface area is 202 Å². The van der Waals surface area contributed by atoms with Crippen LogP contribution < -0.4 is 4.74 Å². The first-order valence-electron chi connectivity index (χ1n) is 12.1. The molecule has 0 unspecified atom stereocenters. The van der Waals surface area contributed by atoms with Crippen LogP contribution in [-0.2, 0) is 9.53 Å². The van der Waals surface area contributed by atoms with Crippen molar-refractivity contribution >= 4 is 11.8 Å². The van der Waals surface area contributed by atoms with Gasteiger partial charge in [-0.15, -0.1) is 0 Å². The third-order valence-electron chi connectivity index (χ3n) is 6.77. The maximum Gasteiger partial charge on any atom is 0.259 e. The number of rotatable bonds is 7. The van der Waals surface area contributed by atoms with Crippen molar-refractivity contribution in [3.05, 3.63) is 23.4 Å². The Morgan fingerprint density at radius 3 is 2.82 bits per heavy atom. The van der Waals surface area contributed by atoms with Crippen LogP contribution in [0.25, 0.3) is 0 Å². The molecule has 2 amide bonds. The molecule has 3 rings (SSSR count). The highest BCUT2D eigenvalue weighted by molar-refractivity contribution is 5.97. The van der Waals surface area contributed by atoms with Gasteiger partial charge < -0.3 is 24.4 Å². The molecule has 34 heavy (non-hydrogen) atoms. The molecule has 0 bridgehead atoms. The lowest BCUT2D eigenvalue weighted by Gasteiger charge is -2.37. The zero-order valence-corrected chi connectivity index (χ0v) is 20.7. The molecule has 1 aromatic rings. The summed E-state index contributed by atoms with van der Waals surface area (Å²) in [7, 11) is 3.18. The second-order valence-electron chi connectivity index (χ2n) is 9.56. The van der Waals surface area contributed by atoms with E-state index in [4.69, 9.17) is 9.47 Å². The average molecular weight is 472 g/mol. The summed E-state index contributed by atoms with van der Waals surface area (Å²) in [6.07, 6.45) is 7.13. The van der Waals surface area contributed by atoms with E-state index in [9.17, 15) is 14.7 Å². The Hall–Kier alpha value is -2.63. The molecule has 1 saturated carbocycles. The third kappa shape index (κ3) is 6.49. The minimum absolute atomic E-state index is 0.0124. The van der Waals surface area contributed by atoms with E-state index in [1.165, 1.54) is 32.8 Å². The summed E-state index contributed by atoms with van der Waals surface area (Å²) in [5.41, 5.74) is 0.999. The van der Waals surface area contributed by atoms with E-state index in [1.54, 1.807) is 29.1 Å². The lowest BCUT2D eigenvalue weighted by Crippen LogP contribution is -2.50. The smallest absolute Gasteiger partial charge is 0.259 e. The molecule has 3 atom stereocenters. The highest BCUT2D eigenvalue weighted by Crippen LogP contribution is 2.28. The first-order chi connectivity index (χ1) is 16.3. The first kappa shape index (κ1) is 26.0. The van der Waals surface area contributed by atoms with Crippen molar-refractivity contribution in [1.29, 1.82) is 0 Å². The number of hydrogen-bond acceptors (Lipinski definition) is 6. The minimum atomic E-state index is -0.391. The van der Waals surface area contributed by atoms with Crippen LogP contribution in [0.15, 0.2) is 12.3 Å². The molecular weight excluding hydrogens is 434 g/mol. The molecular formula is C26H37N3O5. The number of aromatic nitrogens is 1. The number of pyridine rings is 1. The van der Waals surface area contributed by atoms with Crippen LogP contribution in [0.1, 0.15) is 61.9 Å². The fraction of sp³-hybridized carbons (Fsp3) is 0.654. The Bertz CT molecular complexity index is 919. The standard InChI is InChI=1S/C26H37N3O5/c1-18-14-29(19(2)16-30)26(32)22-12-21(11-7-10-20-8-5-6-9-20)13-27-25(22)34-23(18)15-28(3)24(31)17-33-4/h12-13,18-20,23,30H,5-6,8-10,14-17H2,1-4H3/t18-,19-,23+/m1/s1. The van der Waals surface area contributed by atoms with Crippen molar-refractivity contribution in [1.82, 2.24) is 14.8 Å². The number of methoxy groups -OCH3 is 1. The van der Waals surface area contributed by atoms with Crippen molar-refractivity contribution in [3.63, 3.8) is 0 Å². The van der Waals surface area contributed by atoms with Crippen LogP contribution in [-0.4, -0.2) is 84.3 Å². The fourth-order valence-electron chi connectivity index (χ4n) is 4.51. The number of aliphatic hydroxyl groups is 1. The number of amides is 2. The monoisotopic (exact) mass is 471 g/mol. The van der Waals surface area contributed by atoms with Crippen LogP contribution in [0, 0.1) is 23.7 Å². The molecule has 8 heteroatoms. The highest BCUT2D eigenvalue weighted by atomic mass is 16.5. The molecule has 0 spiro atoms. The van der Waals surface area contributed by atoms with E-state index in [1.807, 2.05) is 13.8 Å². The number of hydrogen-bond donors (Lipinski definition) is 1. The average Bonchev–Trinajstić information content (AvgIpc) is 3.34. The van der Waals surface area contributed by atoms with Gasteiger partial charge in [-0.1, -0.05) is 31.6 Å². The van der Waals surface area contributed by atoms with E-state index >= 15 is 0 Å². The Morgan fingerprint density at radius 1 is 1.41 bits per heavy atom. The normalized spacial score (nSPS) is 21.6. The van der Waals surface area contributed by atoms with Gasteiger partial charge in [0.2, 0.25) is 11.8 Å². The van der Waals surface area contributed by atoms with Gasteiger partial charge in [-0.25, -0.2) is 4.98 Å². The van der Waals surface area contributed by atoms with Crippen LogP contribution in [0.5, 0.6) is 5.88 Å². The summed E-state index contributed by atoms with van der Waals surface area (Å²) in [5, 5.41) is 9.79. The van der Waals surface area contributed by atoms with Crippen molar-refractivity contribution in [2.45, 2.75) is 58.1 Å². The summed E-state index contributed by atoms with van der Waals surface area (Å²) >= 11 is 0. The zero-order valence-electron chi connectivity index (χ0n) is 20.7. The van der Waals surface area contributed by atoms with Gasteiger partial charge in [0.1, 0.15) is 18.3 Å². The molecule has 8 nitrogen and oxygen atoms in total. The Morgan fingerprint density at radius 2 is 2.15 bits per heavy atom. The van der Waals surface area contributed by atoms with Crippen LogP contribution >= 0.6 is 0 Å². The molecule has 1 fully saturated rings. The summed E-state index contributed by atoms with van der Waals surface area (Å²) in [6, 6.07) is 1.36. The predicted octanol–water partition coefficient (Wildman–Crippen LogP) is 2.34. The molecule has 1 aliphatic heterocycles. The number of nitrogens with zero attached hydrogens (tertiary/aromatic N) is 3. The van der Waals surface area contributed by atoms with Gasteiger partial charge in [-0.2, -0.15) is 0 Å². The summed E-state index contributed by atoms with van der Waals surface area (Å²) in [4.78, 5) is 33.4. The topological polar surface area (TPSA) is 92.2 Å². The van der Waals surface area contributed by atoms with Crippen molar-refractivity contribution < 1.29 is 24.2 Å². The van der Waals surface area contributed by atoms with Crippen molar-refractivity contribution in [2.75, 3.05) is 40.5 Å². The zero-order chi connectivity index (χ0) is 24.7. The SMILES string of the molecule is COCC(=O)N(C)C[C@@H]1Oc2ncc(C#CCC3CCCC3)cc2C(=O)N([C@H](C)CO)C[C@H]1C. The second kappa shape index (κ2) is 12.2. The van der Waals surface area contributed by atoms with Crippen molar-refractivity contribution in [2.24, 2.45) is 11.8 Å². The maximum absolute atomic E-state index is 13.5. The van der Waals surface area contributed by atoms with E-state index in [0.717, 1.165) is 6.42 Å². The van der Waals surface area contributed by atoms with Crippen molar-refractivity contribution in [3.8, 4) is 17.7 Å². The van der Waals surface area contributed by atoms with Gasteiger partial charge in [-0.3, -0.25) is 9.59 Å². The molecule has 2 heterocycles. The van der Waals surface area contributed by atoms with Gasteiger partial charge in [-0.05, 0) is 31.7 Å². The van der Waals surface area contributed by atoms with E-state index in [0.29, 0.717) is 30.1 Å². The van der Waals surface area contributed by atoms with Gasteiger partial charge in [0.15, 0.2) is 0 Å². The second-order valence-corrected chi connectivity index (χ2v) is 9.56. The van der Waals surface area contributed by atoms with Crippen LogP contribution in [0.4, 0.5) is 0 Å². The number of carbonyl (C=O) groups excluding carboxylic acids is 2. The summed E-state index contributed by atoms with van der Waals surface area (Å²) < 4.78 is 11.2. The largest absolute Gasteiger partial charge is 0.472 e. The molecule has 186 valence electrons. The fourth-order valence-corrected chi connectivity index (χ4v) is 4.51. The third-order valence-corrected chi connectivity index (χ3v) is 6.77. The first-order valence-corrected chi connectivity index (χ1v) is 12.1. The molecule has 1 aliphatic carbocycles. The lowest BCUT2D eigenvalue weighted by molar-refractivity contribution is -0.135. The molecule has 2 aliphatic rings. The lowest BCUT2D eigenvalue weighted by atomic mass is 9.99. The highest BCUT2D eigenvalue weighted by Gasteiger charge is 2.34. The predicted molar refractivity (Wildman–Crippen MR) is 128 cm³/mol. The van der Waals surface area contributed by atoms with Gasteiger partial charge in [0.25, 0.3) is 5.91 Å². The number of fused-ring (bicyclic) bond motifs is 1. The number of ether oxygens (including phenoxy) is 2. The van der Waals surface area contributed by atoms with Gasteiger partial charge in [0, 0.05) is 44.8 Å². The van der Waals surface area contributed by atoms with E-state index < -0.39 is 6.10 Å². The number of aliphatic hydroxyl groups excluding tert-OH is 1. The quantitative estimate of drug-likeness (QED) is 0.614. The van der Waals surface area contributed by atoms with Crippen LogP contribution in [0.2, 0.25) is 0 Å². The Kier molecular flexibility index (Phi) is 9.31. The summed E-state index contributed by atoms with van der Waals surface area (Å²) in [5.74, 6) is 6.81. The van der Waals surface area contributed by atoms with Gasteiger partial charge in [0.05, 0.1) is 19.2 Å². The molecule has 0 saturated heterocycles. The minimum Gasteiger partial charge on any atom is -0.472 e. The van der Waals surface area contributed by atoms with E-state index in [2.05, 4.69) is 16.8 Å². The number of likely N-dealkylation sites (N-methyl/N-ethyl adjacent to an activating group) is 1. The molecule has 0 aromatic carbocycles. The molecule has 0 radical (unpaired) electrons. The maximum atomic E-state index is 13.5. The molecule has 1 N–H and O–H groups in total. The van der Waals surface area contributed by atoms with E-state index in [-0.39, 0.29) is 42.9 Å². The Balaban J connectivity index is 1.88. The molecule has 1 aromatic heterocycles. The van der Waals surface area contributed by atoms with Crippen LogP contribution in [0.3, 0.4) is 0 Å². The van der Waals surface area contributed by atoms with Gasteiger partial charge >= 0.3 is 0 Å². The summed E-state index contributed by atoms with van der Waals surface area (Å²) in [6.45, 7) is 4.32.